The summed E-state index contributed by atoms with van der Waals surface area (Å²) in [5.74, 6) is -0.360. The summed E-state index contributed by atoms with van der Waals surface area (Å²) < 4.78 is 103. The Bertz CT molecular complexity index is 2470. The number of rotatable bonds is 12. The molecule has 12 nitrogen and oxygen atoms in total. The maximum absolute atomic E-state index is 12.6. The van der Waals surface area contributed by atoms with Gasteiger partial charge in [0.15, 0.2) is 12.3 Å². The molecule has 0 unspecified atom stereocenters. The zero-order valence-corrected chi connectivity index (χ0v) is 30.6. The first-order valence-electron chi connectivity index (χ1n) is 16.0. The molecule has 272 valence electrons. The summed E-state index contributed by atoms with van der Waals surface area (Å²) in [7, 11) is -13.6. The van der Waals surface area contributed by atoms with E-state index < -0.39 is 35.2 Å². The molecular formula is C37H37N2O10S3+. The van der Waals surface area contributed by atoms with Gasteiger partial charge in [-0.3, -0.25) is 13.7 Å². The molecule has 0 aliphatic heterocycles. The van der Waals surface area contributed by atoms with E-state index in [2.05, 4.69) is 0 Å². The van der Waals surface area contributed by atoms with E-state index in [1.165, 1.54) is 42.5 Å². The Kier molecular flexibility index (Phi) is 11.3. The van der Waals surface area contributed by atoms with Gasteiger partial charge in [0.25, 0.3) is 30.4 Å². The number of nitrogens with zero attached hydrogens (tertiary/aromatic N) is 2. The van der Waals surface area contributed by atoms with Crippen molar-refractivity contribution < 1.29 is 48.6 Å². The monoisotopic (exact) mass is 765 g/mol. The Hall–Kier alpha value is -4.90. The largest absolute Gasteiger partial charge is 0.508 e. The average Bonchev–Trinajstić information content (AvgIpc) is 3.10. The lowest BCUT2D eigenvalue weighted by molar-refractivity contribution is -0.539. The van der Waals surface area contributed by atoms with Crippen molar-refractivity contribution in [3.8, 4) is 5.75 Å². The van der Waals surface area contributed by atoms with E-state index in [9.17, 15) is 44.0 Å². The molecule has 4 N–H and O–H groups in total. The van der Waals surface area contributed by atoms with E-state index in [0.717, 1.165) is 11.8 Å². The van der Waals surface area contributed by atoms with Crippen molar-refractivity contribution in [2.24, 2.45) is 0 Å². The molecule has 0 radical (unpaired) electrons. The first-order chi connectivity index (χ1) is 24.5. The summed E-state index contributed by atoms with van der Waals surface area (Å²) in [4.78, 5) is 1.02. The minimum Gasteiger partial charge on any atom is -0.508 e. The molecule has 4 aromatic carbocycles. The van der Waals surface area contributed by atoms with Gasteiger partial charge in [-0.25, -0.2) is 4.58 Å². The number of aromatic hydroxyl groups is 1. The van der Waals surface area contributed by atoms with E-state index in [4.69, 9.17) is 0 Å². The van der Waals surface area contributed by atoms with Gasteiger partial charge in [0.05, 0.1) is 9.79 Å². The molecule has 0 amide bonds. The third-order valence-electron chi connectivity index (χ3n) is 8.44. The number of hydrogen-bond donors (Lipinski definition) is 4. The minimum atomic E-state index is -4.81. The second-order valence-corrected chi connectivity index (χ2v) is 16.1. The summed E-state index contributed by atoms with van der Waals surface area (Å²) >= 11 is 0. The van der Waals surface area contributed by atoms with Gasteiger partial charge in [-0.1, -0.05) is 36.4 Å². The maximum atomic E-state index is 12.6. The zero-order valence-electron chi connectivity index (χ0n) is 28.2. The van der Waals surface area contributed by atoms with Gasteiger partial charge in [-0.15, -0.1) is 0 Å². The van der Waals surface area contributed by atoms with Gasteiger partial charge >= 0.3 is 0 Å². The standard InChI is InChI=1S/C37H36N2O10S3/c1-3-38(24-26-8-5-12-33(20-26)50(41,42)43)30-16-14-28(15-17-30)37(35-19-18-32(40)23-36(35)52(47,48)49)29-10-7-11-31(22-29)39(4-2)25-27-9-6-13-34(21-27)51(44,45)46/h5-23H,3-4,24-25H2,1-2H3,(H3,41,42,43,44,45,46,47,48,49)/p+1. The SMILES string of the molecule is CCN(Cc1cccc(S(=O)(=O)O)c1)c1cccc(C(=C2C=CC(=[N+](CC)Cc3cccc(S(=O)(=O)O)c3)C=C2)c2ccc(O)cc2S(=O)(=O)O)c1. The van der Waals surface area contributed by atoms with Gasteiger partial charge < -0.3 is 10.0 Å². The van der Waals surface area contributed by atoms with Crippen molar-refractivity contribution in [3.05, 3.63) is 143 Å². The van der Waals surface area contributed by atoms with Crippen LogP contribution in [0.2, 0.25) is 0 Å². The Morgan fingerprint density at radius 3 is 1.85 bits per heavy atom. The molecule has 52 heavy (non-hydrogen) atoms. The molecule has 1 aliphatic carbocycles. The topological polar surface area (TPSA) is 190 Å². The lowest BCUT2D eigenvalue weighted by Crippen LogP contribution is -2.22. The smallest absolute Gasteiger partial charge is 0.295 e. The molecule has 15 heteroatoms. The molecule has 0 bridgehead atoms. The minimum absolute atomic E-state index is 0.128. The van der Waals surface area contributed by atoms with Crippen LogP contribution in [-0.4, -0.2) is 67.4 Å². The van der Waals surface area contributed by atoms with E-state index >= 15 is 0 Å². The highest BCUT2D eigenvalue weighted by Crippen LogP contribution is 2.37. The summed E-state index contributed by atoms with van der Waals surface area (Å²) in [6, 6.07) is 22.9. The van der Waals surface area contributed by atoms with Crippen molar-refractivity contribution in [2.45, 2.75) is 41.6 Å². The highest BCUT2D eigenvalue weighted by Gasteiger charge is 2.24. The summed E-state index contributed by atoms with van der Waals surface area (Å²) in [5.41, 5.74) is 4.45. The summed E-state index contributed by atoms with van der Waals surface area (Å²) in [5, 5.41) is 10.2. The predicted octanol–water partition coefficient (Wildman–Crippen LogP) is 5.76. The molecule has 4 aromatic rings. The molecule has 0 saturated heterocycles. The number of hydrogen-bond acceptors (Lipinski definition) is 8. The van der Waals surface area contributed by atoms with Crippen LogP contribution < -0.4 is 4.90 Å². The first kappa shape index (κ1) is 38.3. The van der Waals surface area contributed by atoms with Crippen molar-refractivity contribution in [3.63, 3.8) is 0 Å². The summed E-state index contributed by atoms with van der Waals surface area (Å²) in [6.45, 7) is 5.48. The van der Waals surface area contributed by atoms with Crippen molar-refractivity contribution in [2.75, 3.05) is 18.0 Å². The number of anilines is 1. The number of benzene rings is 4. The van der Waals surface area contributed by atoms with Crippen molar-refractivity contribution in [1.29, 1.82) is 0 Å². The van der Waals surface area contributed by atoms with Gasteiger partial charge in [0.2, 0.25) is 0 Å². The van der Waals surface area contributed by atoms with E-state index in [-0.39, 0.29) is 27.6 Å². The fourth-order valence-electron chi connectivity index (χ4n) is 5.93. The fourth-order valence-corrected chi connectivity index (χ4v) is 7.75. The second-order valence-electron chi connectivity index (χ2n) is 11.9. The quantitative estimate of drug-likeness (QED) is 0.101. The Morgan fingerprint density at radius 2 is 1.27 bits per heavy atom. The molecule has 0 saturated carbocycles. The van der Waals surface area contributed by atoms with Crippen molar-refractivity contribution in [1.82, 2.24) is 0 Å². The van der Waals surface area contributed by atoms with E-state index in [1.807, 2.05) is 47.6 Å². The van der Waals surface area contributed by atoms with Crippen LogP contribution in [-0.2, 0) is 43.4 Å². The number of allylic oxidation sites excluding steroid dienone is 5. The number of phenolic OH excluding ortho intramolecular Hbond substituents is 1. The highest BCUT2D eigenvalue weighted by molar-refractivity contribution is 7.86. The van der Waals surface area contributed by atoms with Crippen LogP contribution in [0.25, 0.3) is 5.57 Å². The molecule has 0 spiro atoms. The normalized spacial score (nSPS) is 13.3. The molecule has 0 atom stereocenters. The van der Waals surface area contributed by atoms with Crippen LogP contribution in [0, 0.1) is 0 Å². The Balaban J connectivity index is 1.61. The third-order valence-corrected chi connectivity index (χ3v) is 11.0. The predicted molar refractivity (Wildman–Crippen MR) is 197 cm³/mol. The van der Waals surface area contributed by atoms with Crippen molar-refractivity contribution >= 4 is 47.3 Å². The Morgan fingerprint density at radius 1 is 0.673 bits per heavy atom. The average molecular weight is 766 g/mol. The van der Waals surface area contributed by atoms with E-state index in [0.29, 0.717) is 53.2 Å². The van der Waals surface area contributed by atoms with Crippen LogP contribution in [0.3, 0.4) is 0 Å². The molecule has 0 aromatic heterocycles. The third kappa shape index (κ3) is 9.11. The van der Waals surface area contributed by atoms with Crippen LogP contribution in [0.5, 0.6) is 5.75 Å². The molecule has 5 rings (SSSR count). The molecule has 1 aliphatic rings. The first-order valence-corrected chi connectivity index (χ1v) is 20.3. The van der Waals surface area contributed by atoms with E-state index in [1.54, 1.807) is 42.5 Å². The maximum Gasteiger partial charge on any atom is 0.295 e. The van der Waals surface area contributed by atoms with Gasteiger partial charge in [0, 0.05) is 48.1 Å². The molecular weight excluding hydrogens is 729 g/mol. The lowest BCUT2D eigenvalue weighted by atomic mass is 9.90. The van der Waals surface area contributed by atoms with Crippen LogP contribution in [0.1, 0.15) is 36.1 Å². The lowest BCUT2D eigenvalue weighted by Gasteiger charge is -2.25. The zero-order chi connectivity index (χ0) is 37.8. The second kappa shape index (κ2) is 15.4. The van der Waals surface area contributed by atoms with Gasteiger partial charge in [0.1, 0.15) is 17.2 Å². The Labute approximate surface area is 303 Å². The fraction of sp³-hybridized carbons (Fsp3) is 0.162. The van der Waals surface area contributed by atoms with Crippen LogP contribution in [0.4, 0.5) is 5.69 Å². The van der Waals surface area contributed by atoms with Crippen LogP contribution in [0.15, 0.2) is 136 Å². The molecule has 0 fully saturated rings. The molecule has 0 heterocycles. The van der Waals surface area contributed by atoms with Gasteiger partial charge in [-0.05, 0) is 96.8 Å². The van der Waals surface area contributed by atoms with Crippen LogP contribution >= 0.6 is 0 Å². The number of phenols is 1. The van der Waals surface area contributed by atoms with Gasteiger partial charge in [-0.2, -0.15) is 25.3 Å². The summed E-state index contributed by atoms with van der Waals surface area (Å²) in [6.07, 6.45) is 7.22. The highest BCUT2D eigenvalue weighted by atomic mass is 32.2.